The lowest BCUT2D eigenvalue weighted by molar-refractivity contribution is -0.122. The number of aromatic amines is 1. The quantitative estimate of drug-likeness (QED) is 0.472. The Hall–Kier alpha value is -3.16. The van der Waals surface area contributed by atoms with Gasteiger partial charge in [-0.25, -0.2) is 0 Å². The summed E-state index contributed by atoms with van der Waals surface area (Å²) < 4.78 is 2.22. The Labute approximate surface area is 189 Å². The highest BCUT2D eigenvalue weighted by Gasteiger charge is 2.38. The molecule has 1 aliphatic heterocycles. The van der Waals surface area contributed by atoms with Crippen molar-refractivity contribution >= 4 is 50.0 Å². The Morgan fingerprint density at radius 2 is 2.00 bits per heavy atom. The molecule has 0 fully saturated rings. The summed E-state index contributed by atoms with van der Waals surface area (Å²) in [5.41, 5.74) is 6.18. The number of aromatic nitrogens is 2. The average molecular weight is 445 g/mol. The number of imide groups is 1. The van der Waals surface area contributed by atoms with Crippen LogP contribution in [0.1, 0.15) is 28.8 Å². The van der Waals surface area contributed by atoms with Gasteiger partial charge in [-0.3, -0.25) is 14.9 Å². The smallest absolute Gasteiger partial charge is 0.259 e. The molecule has 4 aromatic heterocycles. The first-order valence-corrected chi connectivity index (χ1v) is 11.8. The van der Waals surface area contributed by atoms with Crippen molar-refractivity contribution in [2.75, 3.05) is 20.6 Å². The SMILES string of the molecule is CN(C)CC1CCc2c(c(C3=C(c4c[nH]c5sccc45)C(=O)NC3=O)c3ccccn23)C1. The molecule has 6 nitrogen and oxygen atoms in total. The summed E-state index contributed by atoms with van der Waals surface area (Å²) in [5, 5.41) is 5.57. The minimum absolute atomic E-state index is 0.302. The molecule has 0 saturated carbocycles. The van der Waals surface area contributed by atoms with Gasteiger partial charge in [0.15, 0.2) is 0 Å². The van der Waals surface area contributed by atoms with Crippen LogP contribution in [0.3, 0.4) is 0 Å². The van der Waals surface area contributed by atoms with Crippen LogP contribution in [0.2, 0.25) is 0 Å². The van der Waals surface area contributed by atoms with Crippen LogP contribution in [0.4, 0.5) is 0 Å². The van der Waals surface area contributed by atoms with Crippen LogP contribution in [0.25, 0.3) is 26.9 Å². The van der Waals surface area contributed by atoms with Gasteiger partial charge in [-0.2, -0.15) is 0 Å². The minimum atomic E-state index is -0.318. The molecular formula is C25H24N4O2S. The number of aryl methyl sites for hydroxylation is 1. The second-order valence-electron chi connectivity index (χ2n) is 9.03. The molecule has 0 saturated heterocycles. The first-order chi connectivity index (χ1) is 15.5. The Balaban J connectivity index is 1.63. The monoisotopic (exact) mass is 444 g/mol. The van der Waals surface area contributed by atoms with E-state index in [4.69, 9.17) is 0 Å². The fourth-order valence-corrected chi connectivity index (χ4v) is 6.28. The Morgan fingerprint density at radius 3 is 2.84 bits per heavy atom. The molecule has 1 unspecified atom stereocenters. The van der Waals surface area contributed by atoms with Gasteiger partial charge in [0.2, 0.25) is 0 Å². The van der Waals surface area contributed by atoms with E-state index in [1.165, 1.54) is 11.3 Å². The van der Waals surface area contributed by atoms with Crippen molar-refractivity contribution in [2.45, 2.75) is 19.3 Å². The first kappa shape index (κ1) is 19.5. The minimum Gasteiger partial charge on any atom is -0.352 e. The number of thiophene rings is 1. The summed E-state index contributed by atoms with van der Waals surface area (Å²) in [4.78, 5) is 32.8. The number of carbonyl (C=O) groups is 2. The van der Waals surface area contributed by atoms with Gasteiger partial charge in [0.25, 0.3) is 11.8 Å². The molecule has 2 aliphatic rings. The number of fused-ring (bicyclic) bond motifs is 4. The fraction of sp³-hybridized carbons (Fsp3) is 0.280. The van der Waals surface area contributed by atoms with Crippen molar-refractivity contribution in [1.29, 1.82) is 0 Å². The third kappa shape index (κ3) is 2.81. The van der Waals surface area contributed by atoms with E-state index in [0.29, 0.717) is 17.1 Å². The van der Waals surface area contributed by atoms with Crippen LogP contribution in [-0.4, -0.2) is 46.7 Å². The highest BCUT2D eigenvalue weighted by atomic mass is 32.1. The lowest BCUT2D eigenvalue weighted by Crippen LogP contribution is -2.27. The molecule has 0 spiro atoms. The summed E-state index contributed by atoms with van der Waals surface area (Å²) in [5.74, 6) is -0.0982. The van der Waals surface area contributed by atoms with E-state index >= 15 is 0 Å². The second kappa shape index (κ2) is 7.18. The van der Waals surface area contributed by atoms with Gasteiger partial charge in [0.05, 0.1) is 16.7 Å². The molecule has 5 heterocycles. The van der Waals surface area contributed by atoms with Gasteiger partial charge in [-0.1, -0.05) is 6.07 Å². The van der Waals surface area contributed by atoms with E-state index < -0.39 is 0 Å². The molecule has 1 atom stereocenters. The number of nitrogens with zero attached hydrogens (tertiary/aromatic N) is 2. The van der Waals surface area contributed by atoms with Crippen LogP contribution >= 0.6 is 11.3 Å². The zero-order valence-electron chi connectivity index (χ0n) is 18.1. The van der Waals surface area contributed by atoms with Crippen LogP contribution in [0, 0.1) is 5.92 Å². The fourth-order valence-electron chi connectivity index (χ4n) is 5.51. The Morgan fingerprint density at radius 1 is 1.16 bits per heavy atom. The number of carbonyl (C=O) groups excluding carboxylic acids is 2. The number of nitrogens with one attached hydrogen (secondary N) is 2. The number of H-pyrrole nitrogens is 1. The summed E-state index contributed by atoms with van der Waals surface area (Å²) >= 11 is 1.60. The van der Waals surface area contributed by atoms with E-state index in [2.05, 4.69) is 46.0 Å². The van der Waals surface area contributed by atoms with E-state index in [9.17, 15) is 9.59 Å². The molecule has 2 N–H and O–H groups in total. The molecule has 32 heavy (non-hydrogen) atoms. The summed E-state index contributed by atoms with van der Waals surface area (Å²) in [6.45, 7) is 1.01. The maximum Gasteiger partial charge on any atom is 0.259 e. The topological polar surface area (TPSA) is 69.6 Å². The molecule has 0 aromatic carbocycles. The van der Waals surface area contributed by atoms with Crippen LogP contribution < -0.4 is 5.32 Å². The molecule has 2 amide bonds. The van der Waals surface area contributed by atoms with Gasteiger partial charge >= 0.3 is 0 Å². The maximum absolute atomic E-state index is 13.2. The van der Waals surface area contributed by atoms with E-state index in [1.807, 2.05) is 29.8 Å². The van der Waals surface area contributed by atoms with Crippen molar-refractivity contribution < 1.29 is 9.59 Å². The average Bonchev–Trinajstić information content (AvgIpc) is 3.49. The van der Waals surface area contributed by atoms with Gasteiger partial charge in [0, 0.05) is 41.1 Å². The summed E-state index contributed by atoms with van der Waals surface area (Å²) in [7, 11) is 4.21. The van der Waals surface area contributed by atoms with Gasteiger partial charge in [0.1, 0.15) is 4.83 Å². The molecule has 0 bridgehead atoms. The predicted octanol–water partition coefficient (Wildman–Crippen LogP) is 3.72. The third-order valence-corrected chi connectivity index (χ3v) is 7.56. The third-order valence-electron chi connectivity index (χ3n) is 6.72. The van der Waals surface area contributed by atoms with Gasteiger partial charge < -0.3 is 14.3 Å². The van der Waals surface area contributed by atoms with E-state index in [0.717, 1.165) is 52.7 Å². The first-order valence-electron chi connectivity index (χ1n) is 10.9. The van der Waals surface area contributed by atoms with Crippen molar-refractivity contribution in [3.05, 3.63) is 64.4 Å². The summed E-state index contributed by atoms with van der Waals surface area (Å²) in [6, 6.07) is 8.10. The van der Waals surface area contributed by atoms with Crippen molar-refractivity contribution in [3.8, 4) is 0 Å². The van der Waals surface area contributed by atoms with Crippen LogP contribution in [0.5, 0.6) is 0 Å². The molecule has 0 radical (unpaired) electrons. The molecular weight excluding hydrogens is 420 g/mol. The summed E-state index contributed by atoms with van der Waals surface area (Å²) in [6.07, 6.45) is 6.93. The van der Waals surface area contributed by atoms with Crippen LogP contribution in [0.15, 0.2) is 42.0 Å². The van der Waals surface area contributed by atoms with Crippen molar-refractivity contribution in [2.24, 2.45) is 5.92 Å². The maximum atomic E-state index is 13.2. The Bertz CT molecular complexity index is 1430. The van der Waals surface area contributed by atoms with E-state index in [1.54, 1.807) is 11.3 Å². The number of hydrogen-bond donors (Lipinski definition) is 2. The lowest BCUT2D eigenvalue weighted by atomic mass is 9.83. The zero-order valence-corrected chi connectivity index (χ0v) is 18.9. The predicted molar refractivity (Wildman–Crippen MR) is 128 cm³/mol. The normalized spacial score (nSPS) is 18.9. The molecule has 6 rings (SSSR count). The highest BCUT2D eigenvalue weighted by molar-refractivity contribution is 7.16. The Kier molecular flexibility index (Phi) is 4.38. The molecule has 162 valence electrons. The molecule has 4 aromatic rings. The molecule has 7 heteroatoms. The zero-order chi connectivity index (χ0) is 22.0. The van der Waals surface area contributed by atoms with Crippen molar-refractivity contribution in [3.63, 3.8) is 0 Å². The lowest BCUT2D eigenvalue weighted by Gasteiger charge is -2.26. The number of pyridine rings is 1. The van der Waals surface area contributed by atoms with Crippen LogP contribution in [-0.2, 0) is 22.4 Å². The van der Waals surface area contributed by atoms with E-state index in [-0.39, 0.29) is 11.8 Å². The number of hydrogen-bond acceptors (Lipinski definition) is 4. The van der Waals surface area contributed by atoms with Crippen molar-refractivity contribution in [1.82, 2.24) is 19.6 Å². The molecule has 1 aliphatic carbocycles. The largest absolute Gasteiger partial charge is 0.352 e. The second-order valence-corrected chi connectivity index (χ2v) is 9.94. The van der Waals surface area contributed by atoms with Gasteiger partial charge in [-0.05, 0) is 68.4 Å². The standard InChI is InChI=1S/C25H24N4O2S/c1-28(2)13-14-6-7-18-16(11-14)20(19-5-3-4-9-29(18)19)22-21(23(30)27-24(22)31)17-12-26-25-15(17)8-10-32-25/h3-5,8-10,12,14,26H,6-7,11,13H2,1-2H3,(H,27,30,31). The highest BCUT2D eigenvalue weighted by Crippen LogP contribution is 2.42. The number of rotatable bonds is 4. The number of amides is 2. The van der Waals surface area contributed by atoms with Gasteiger partial charge in [-0.15, -0.1) is 11.3 Å².